The minimum Gasteiger partial charge on any atom is -0.454 e. The second-order valence-corrected chi connectivity index (χ2v) is 7.07. The third kappa shape index (κ3) is 2.86. The quantitative estimate of drug-likeness (QED) is 0.734. The maximum Gasteiger partial charge on any atom is 0.252 e. The highest BCUT2D eigenvalue weighted by Crippen LogP contribution is 2.32. The Bertz CT molecular complexity index is 1100. The molecular weight excluding hydrogens is 360 g/mol. The fourth-order valence-electron chi connectivity index (χ4n) is 3.86. The zero-order valence-corrected chi connectivity index (χ0v) is 15.2. The van der Waals surface area contributed by atoms with E-state index < -0.39 is 0 Å². The van der Waals surface area contributed by atoms with Crippen LogP contribution in [0.4, 0.5) is 5.95 Å². The molecule has 28 heavy (non-hydrogen) atoms. The molecule has 0 bridgehead atoms. The summed E-state index contributed by atoms with van der Waals surface area (Å²) in [4.78, 5) is 23.8. The SMILES string of the molecule is O=c1ccc2cnc(N3CCCC3CO)nc2n1Cc1ccc2c(c1)OCO2. The zero-order chi connectivity index (χ0) is 19.1. The molecule has 2 aromatic heterocycles. The summed E-state index contributed by atoms with van der Waals surface area (Å²) >= 11 is 0. The van der Waals surface area contributed by atoms with Crippen molar-refractivity contribution in [2.45, 2.75) is 25.4 Å². The van der Waals surface area contributed by atoms with Gasteiger partial charge in [-0.3, -0.25) is 9.36 Å². The summed E-state index contributed by atoms with van der Waals surface area (Å²) < 4.78 is 12.4. The van der Waals surface area contributed by atoms with Crippen molar-refractivity contribution in [1.29, 1.82) is 0 Å². The van der Waals surface area contributed by atoms with Gasteiger partial charge in [-0.25, -0.2) is 4.98 Å². The van der Waals surface area contributed by atoms with Gasteiger partial charge in [-0.15, -0.1) is 0 Å². The van der Waals surface area contributed by atoms with Crippen molar-refractivity contribution in [1.82, 2.24) is 14.5 Å². The van der Waals surface area contributed by atoms with Gasteiger partial charge in [0.1, 0.15) is 5.65 Å². The summed E-state index contributed by atoms with van der Waals surface area (Å²) in [6.07, 6.45) is 3.64. The van der Waals surface area contributed by atoms with E-state index >= 15 is 0 Å². The number of fused-ring (bicyclic) bond motifs is 2. The smallest absolute Gasteiger partial charge is 0.252 e. The van der Waals surface area contributed by atoms with Gasteiger partial charge < -0.3 is 19.5 Å². The van der Waals surface area contributed by atoms with Crippen LogP contribution >= 0.6 is 0 Å². The van der Waals surface area contributed by atoms with E-state index in [4.69, 9.17) is 14.5 Å². The molecule has 1 fully saturated rings. The predicted octanol–water partition coefficient (Wildman–Crippen LogP) is 1.53. The lowest BCUT2D eigenvalue weighted by molar-refractivity contribution is 0.174. The summed E-state index contributed by atoms with van der Waals surface area (Å²) in [6, 6.07) is 8.96. The van der Waals surface area contributed by atoms with Crippen molar-refractivity contribution < 1.29 is 14.6 Å². The number of aromatic nitrogens is 3. The molecule has 2 aliphatic rings. The van der Waals surface area contributed by atoms with E-state index in [9.17, 15) is 9.90 Å². The number of nitrogens with zero attached hydrogens (tertiary/aromatic N) is 4. The molecule has 3 aromatic rings. The second-order valence-electron chi connectivity index (χ2n) is 7.07. The molecule has 1 saturated heterocycles. The first kappa shape index (κ1) is 17.0. The fourth-order valence-corrected chi connectivity index (χ4v) is 3.86. The molecule has 8 nitrogen and oxygen atoms in total. The molecule has 2 aliphatic heterocycles. The highest BCUT2D eigenvalue weighted by molar-refractivity contribution is 5.75. The molecule has 0 aliphatic carbocycles. The van der Waals surface area contributed by atoms with Crippen molar-refractivity contribution >= 4 is 17.0 Å². The summed E-state index contributed by atoms with van der Waals surface area (Å²) in [5.74, 6) is 1.95. The average molecular weight is 380 g/mol. The number of anilines is 1. The lowest BCUT2D eigenvalue weighted by Gasteiger charge is -2.23. The Morgan fingerprint density at radius 3 is 2.96 bits per heavy atom. The van der Waals surface area contributed by atoms with E-state index in [1.807, 2.05) is 23.1 Å². The Morgan fingerprint density at radius 1 is 1.18 bits per heavy atom. The molecular formula is C20H20N4O4. The minimum absolute atomic E-state index is 0.0233. The van der Waals surface area contributed by atoms with Gasteiger partial charge >= 0.3 is 0 Å². The molecule has 0 spiro atoms. The maximum absolute atomic E-state index is 12.6. The average Bonchev–Trinajstić information content (AvgIpc) is 3.38. The Labute approximate surface area is 161 Å². The molecule has 0 radical (unpaired) electrons. The van der Waals surface area contributed by atoms with Crippen LogP contribution < -0.4 is 19.9 Å². The standard InChI is InChI=1S/C20H20N4O4/c25-11-15-2-1-7-23(15)20-21-9-14-4-6-18(26)24(19(14)22-20)10-13-3-5-16-17(8-13)28-12-27-16/h3-6,8-9,15,25H,1-2,7,10-12H2. The van der Waals surface area contributed by atoms with Crippen LogP contribution in [0.3, 0.4) is 0 Å². The molecule has 4 heterocycles. The van der Waals surface area contributed by atoms with Crippen molar-refractivity contribution in [3.8, 4) is 11.5 Å². The Hall–Kier alpha value is -3.13. The molecule has 1 atom stereocenters. The number of benzene rings is 1. The van der Waals surface area contributed by atoms with Crippen LogP contribution in [0.5, 0.6) is 11.5 Å². The van der Waals surface area contributed by atoms with Gasteiger partial charge in [0.15, 0.2) is 11.5 Å². The van der Waals surface area contributed by atoms with Crippen molar-refractivity contribution in [3.63, 3.8) is 0 Å². The van der Waals surface area contributed by atoms with Crippen LogP contribution in [0.1, 0.15) is 18.4 Å². The summed E-state index contributed by atoms with van der Waals surface area (Å²) in [5.41, 5.74) is 1.38. The minimum atomic E-state index is -0.130. The van der Waals surface area contributed by atoms with Crippen molar-refractivity contribution in [2.75, 3.05) is 24.8 Å². The Morgan fingerprint density at radius 2 is 2.07 bits per heavy atom. The van der Waals surface area contributed by atoms with Gasteiger partial charge in [0.2, 0.25) is 12.7 Å². The number of hydrogen-bond donors (Lipinski definition) is 1. The van der Waals surface area contributed by atoms with E-state index in [0.717, 1.165) is 30.3 Å². The lowest BCUT2D eigenvalue weighted by atomic mass is 10.2. The van der Waals surface area contributed by atoms with Crippen LogP contribution in [0.2, 0.25) is 0 Å². The number of aliphatic hydroxyl groups is 1. The van der Waals surface area contributed by atoms with E-state index in [1.54, 1.807) is 16.8 Å². The topological polar surface area (TPSA) is 89.7 Å². The van der Waals surface area contributed by atoms with E-state index in [-0.39, 0.29) is 25.0 Å². The number of ether oxygens (including phenoxy) is 2. The molecule has 0 amide bonds. The number of aliphatic hydroxyl groups excluding tert-OH is 1. The fraction of sp³-hybridized carbons (Fsp3) is 0.350. The van der Waals surface area contributed by atoms with Gasteiger partial charge in [0.05, 0.1) is 19.2 Å². The molecule has 8 heteroatoms. The van der Waals surface area contributed by atoms with Crippen molar-refractivity contribution in [2.24, 2.45) is 0 Å². The molecule has 1 aromatic carbocycles. The van der Waals surface area contributed by atoms with E-state index in [1.165, 1.54) is 6.07 Å². The number of hydrogen-bond acceptors (Lipinski definition) is 7. The number of pyridine rings is 1. The normalized spacial score (nSPS) is 18.2. The van der Waals surface area contributed by atoms with Crippen LogP contribution in [-0.2, 0) is 6.54 Å². The molecule has 144 valence electrons. The number of rotatable bonds is 4. The maximum atomic E-state index is 12.6. The summed E-state index contributed by atoms with van der Waals surface area (Å²) in [5, 5.41) is 10.4. The first-order valence-corrected chi connectivity index (χ1v) is 9.35. The molecule has 0 saturated carbocycles. The first-order valence-electron chi connectivity index (χ1n) is 9.35. The Kier molecular flexibility index (Phi) is 4.12. The summed E-state index contributed by atoms with van der Waals surface area (Å²) in [7, 11) is 0. The van der Waals surface area contributed by atoms with Crippen LogP contribution in [0.15, 0.2) is 41.3 Å². The highest BCUT2D eigenvalue weighted by atomic mass is 16.7. The first-order chi connectivity index (χ1) is 13.7. The van der Waals surface area contributed by atoms with Crippen LogP contribution in [0, 0.1) is 0 Å². The van der Waals surface area contributed by atoms with Crippen LogP contribution in [0.25, 0.3) is 11.0 Å². The third-order valence-corrected chi connectivity index (χ3v) is 5.33. The zero-order valence-electron chi connectivity index (χ0n) is 15.2. The lowest BCUT2D eigenvalue weighted by Crippen LogP contribution is -2.33. The molecule has 1 unspecified atom stereocenters. The largest absolute Gasteiger partial charge is 0.454 e. The predicted molar refractivity (Wildman–Crippen MR) is 103 cm³/mol. The van der Waals surface area contributed by atoms with Gasteiger partial charge in [0.25, 0.3) is 5.56 Å². The highest BCUT2D eigenvalue weighted by Gasteiger charge is 2.26. The van der Waals surface area contributed by atoms with Crippen LogP contribution in [-0.4, -0.2) is 45.6 Å². The van der Waals surface area contributed by atoms with Crippen molar-refractivity contribution in [3.05, 3.63) is 52.4 Å². The molecule has 1 N–H and O–H groups in total. The third-order valence-electron chi connectivity index (χ3n) is 5.33. The van der Waals surface area contributed by atoms with E-state index in [0.29, 0.717) is 29.6 Å². The summed E-state index contributed by atoms with van der Waals surface area (Å²) in [6.45, 7) is 1.45. The Balaban J connectivity index is 1.56. The van der Waals surface area contributed by atoms with E-state index in [2.05, 4.69) is 4.98 Å². The van der Waals surface area contributed by atoms with Gasteiger partial charge in [-0.1, -0.05) is 6.07 Å². The second kappa shape index (κ2) is 6.79. The van der Waals surface area contributed by atoms with Gasteiger partial charge in [-0.2, -0.15) is 4.98 Å². The molecule has 5 rings (SSSR count). The monoisotopic (exact) mass is 380 g/mol. The van der Waals surface area contributed by atoms with Gasteiger partial charge in [0, 0.05) is 24.2 Å². The van der Waals surface area contributed by atoms with Gasteiger partial charge in [-0.05, 0) is 36.6 Å².